The Hall–Kier alpha value is -1.43. The second-order valence-electron chi connectivity index (χ2n) is 4.97. The SMILES string of the molecule is CCC(C)(OCc1ccccc1)C(=O)OCCNCCO. The molecule has 0 aliphatic rings. The second-order valence-corrected chi connectivity index (χ2v) is 4.97. The van der Waals surface area contributed by atoms with Crippen molar-refractivity contribution in [1.29, 1.82) is 0 Å². The van der Waals surface area contributed by atoms with Gasteiger partial charge in [0.2, 0.25) is 0 Å². The van der Waals surface area contributed by atoms with Gasteiger partial charge in [0.05, 0.1) is 13.2 Å². The molecule has 1 unspecified atom stereocenters. The van der Waals surface area contributed by atoms with Crippen LogP contribution >= 0.6 is 0 Å². The minimum absolute atomic E-state index is 0.0702. The summed E-state index contributed by atoms with van der Waals surface area (Å²) in [6, 6.07) is 9.73. The topological polar surface area (TPSA) is 67.8 Å². The molecule has 118 valence electrons. The van der Waals surface area contributed by atoms with E-state index in [-0.39, 0.29) is 19.2 Å². The number of carbonyl (C=O) groups excluding carboxylic acids is 1. The van der Waals surface area contributed by atoms with Crippen molar-refractivity contribution in [3.63, 3.8) is 0 Å². The monoisotopic (exact) mass is 295 g/mol. The highest BCUT2D eigenvalue weighted by Crippen LogP contribution is 2.19. The Morgan fingerprint density at radius 2 is 2.00 bits per heavy atom. The van der Waals surface area contributed by atoms with E-state index in [9.17, 15) is 4.79 Å². The van der Waals surface area contributed by atoms with Crippen molar-refractivity contribution in [2.24, 2.45) is 0 Å². The van der Waals surface area contributed by atoms with Crippen LogP contribution in [0.25, 0.3) is 0 Å². The Morgan fingerprint density at radius 3 is 2.62 bits per heavy atom. The summed E-state index contributed by atoms with van der Waals surface area (Å²) in [6.07, 6.45) is 0.544. The molecule has 0 spiro atoms. The minimum Gasteiger partial charge on any atom is -0.462 e. The summed E-state index contributed by atoms with van der Waals surface area (Å²) in [7, 11) is 0. The Morgan fingerprint density at radius 1 is 1.29 bits per heavy atom. The summed E-state index contributed by atoms with van der Waals surface area (Å²) >= 11 is 0. The van der Waals surface area contributed by atoms with Crippen LogP contribution in [-0.2, 0) is 20.9 Å². The van der Waals surface area contributed by atoms with Crippen LogP contribution in [0.3, 0.4) is 0 Å². The van der Waals surface area contributed by atoms with Gasteiger partial charge in [-0.05, 0) is 18.9 Å². The first kappa shape index (κ1) is 17.6. The molecule has 1 rings (SSSR count). The predicted molar refractivity (Wildman–Crippen MR) is 80.8 cm³/mol. The molecule has 1 aromatic rings. The molecule has 0 bridgehead atoms. The number of esters is 1. The number of aliphatic hydroxyl groups is 1. The van der Waals surface area contributed by atoms with Gasteiger partial charge in [-0.2, -0.15) is 0 Å². The number of benzene rings is 1. The van der Waals surface area contributed by atoms with Gasteiger partial charge in [0.1, 0.15) is 6.61 Å². The quantitative estimate of drug-likeness (QED) is 0.506. The normalized spacial score (nSPS) is 13.7. The molecule has 0 fully saturated rings. The van der Waals surface area contributed by atoms with Crippen molar-refractivity contribution in [2.75, 3.05) is 26.3 Å². The van der Waals surface area contributed by atoms with Crippen molar-refractivity contribution in [1.82, 2.24) is 5.32 Å². The van der Waals surface area contributed by atoms with Crippen LogP contribution in [0, 0.1) is 0 Å². The Bertz CT molecular complexity index is 410. The summed E-state index contributed by atoms with van der Waals surface area (Å²) < 4.78 is 11.0. The van der Waals surface area contributed by atoms with Gasteiger partial charge in [-0.15, -0.1) is 0 Å². The van der Waals surface area contributed by atoms with E-state index in [0.29, 0.717) is 26.1 Å². The Kier molecular flexibility index (Phi) is 7.97. The van der Waals surface area contributed by atoms with Gasteiger partial charge < -0.3 is 19.9 Å². The molecule has 2 N–H and O–H groups in total. The summed E-state index contributed by atoms with van der Waals surface area (Å²) in [5, 5.41) is 11.6. The molecule has 0 aliphatic heterocycles. The van der Waals surface area contributed by atoms with Gasteiger partial charge in [-0.1, -0.05) is 37.3 Å². The molecule has 0 amide bonds. The third-order valence-electron chi connectivity index (χ3n) is 3.31. The molecule has 0 radical (unpaired) electrons. The van der Waals surface area contributed by atoms with Crippen LogP contribution in [0.5, 0.6) is 0 Å². The van der Waals surface area contributed by atoms with E-state index in [1.165, 1.54) is 0 Å². The maximum absolute atomic E-state index is 12.1. The fourth-order valence-corrected chi connectivity index (χ4v) is 1.69. The highest BCUT2D eigenvalue weighted by molar-refractivity contribution is 5.79. The lowest BCUT2D eigenvalue weighted by Gasteiger charge is -2.26. The van der Waals surface area contributed by atoms with Gasteiger partial charge in [-0.3, -0.25) is 0 Å². The van der Waals surface area contributed by atoms with Crippen molar-refractivity contribution in [2.45, 2.75) is 32.5 Å². The zero-order chi connectivity index (χ0) is 15.6. The first-order chi connectivity index (χ1) is 10.1. The fraction of sp³-hybridized carbons (Fsp3) is 0.562. The number of carbonyl (C=O) groups is 1. The van der Waals surface area contributed by atoms with E-state index in [4.69, 9.17) is 14.6 Å². The van der Waals surface area contributed by atoms with Gasteiger partial charge in [-0.25, -0.2) is 4.79 Å². The molecule has 0 aromatic heterocycles. The number of hydrogen-bond donors (Lipinski definition) is 2. The van der Waals surface area contributed by atoms with Crippen molar-refractivity contribution in [3.05, 3.63) is 35.9 Å². The van der Waals surface area contributed by atoms with Crippen LogP contribution in [0.2, 0.25) is 0 Å². The first-order valence-electron chi connectivity index (χ1n) is 7.29. The molecule has 0 heterocycles. The number of ether oxygens (including phenoxy) is 2. The van der Waals surface area contributed by atoms with E-state index in [1.807, 2.05) is 37.3 Å². The number of nitrogens with one attached hydrogen (secondary N) is 1. The lowest BCUT2D eigenvalue weighted by Crippen LogP contribution is -2.40. The zero-order valence-corrected chi connectivity index (χ0v) is 12.8. The predicted octanol–water partition coefficient (Wildman–Crippen LogP) is 1.50. The number of rotatable bonds is 10. The summed E-state index contributed by atoms with van der Waals surface area (Å²) in [5.41, 5.74) is 0.0851. The average Bonchev–Trinajstić information content (AvgIpc) is 2.53. The van der Waals surface area contributed by atoms with E-state index >= 15 is 0 Å². The molecule has 1 aromatic carbocycles. The minimum atomic E-state index is -0.938. The van der Waals surface area contributed by atoms with Crippen molar-refractivity contribution >= 4 is 5.97 Å². The summed E-state index contributed by atoms with van der Waals surface area (Å²) in [6.45, 7) is 5.38. The third-order valence-corrected chi connectivity index (χ3v) is 3.31. The molecule has 0 saturated carbocycles. The maximum atomic E-state index is 12.1. The van der Waals surface area contributed by atoms with Crippen LogP contribution in [-0.4, -0.2) is 43.0 Å². The van der Waals surface area contributed by atoms with E-state index < -0.39 is 5.60 Å². The molecular weight excluding hydrogens is 270 g/mol. The van der Waals surface area contributed by atoms with Gasteiger partial charge >= 0.3 is 5.97 Å². The average molecular weight is 295 g/mol. The van der Waals surface area contributed by atoms with Crippen molar-refractivity contribution < 1.29 is 19.4 Å². The van der Waals surface area contributed by atoms with Gasteiger partial charge in [0.25, 0.3) is 0 Å². The van der Waals surface area contributed by atoms with Crippen LogP contribution in [0.15, 0.2) is 30.3 Å². The third kappa shape index (κ3) is 6.25. The molecule has 0 saturated heterocycles. The molecule has 0 aliphatic carbocycles. The zero-order valence-electron chi connectivity index (χ0n) is 12.8. The van der Waals surface area contributed by atoms with Crippen LogP contribution in [0.4, 0.5) is 0 Å². The smallest absolute Gasteiger partial charge is 0.338 e. The highest BCUT2D eigenvalue weighted by atomic mass is 16.6. The second kappa shape index (κ2) is 9.50. The van der Waals surface area contributed by atoms with Crippen LogP contribution < -0.4 is 5.32 Å². The molecular formula is C16H25NO4. The van der Waals surface area contributed by atoms with Crippen molar-refractivity contribution in [3.8, 4) is 0 Å². The van der Waals surface area contributed by atoms with Crippen LogP contribution in [0.1, 0.15) is 25.8 Å². The van der Waals surface area contributed by atoms with E-state index in [2.05, 4.69) is 5.32 Å². The molecule has 21 heavy (non-hydrogen) atoms. The first-order valence-corrected chi connectivity index (χ1v) is 7.29. The number of aliphatic hydroxyl groups excluding tert-OH is 1. The lowest BCUT2D eigenvalue weighted by atomic mass is 10.0. The van der Waals surface area contributed by atoms with E-state index in [1.54, 1.807) is 6.92 Å². The molecule has 5 heteroatoms. The van der Waals surface area contributed by atoms with E-state index in [0.717, 1.165) is 5.56 Å². The summed E-state index contributed by atoms with van der Waals surface area (Å²) in [5.74, 6) is -0.355. The van der Waals surface area contributed by atoms with Gasteiger partial charge in [0.15, 0.2) is 5.60 Å². The molecule has 5 nitrogen and oxygen atoms in total. The molecule has 1 atom stereocenters. The lowest BCUT2D eigenvalue weighted by molar-refractivity contribution is -0.172. The highest BCUT2D eigenvalue weighted by Gasteiger charge is 2.34. The Labute approximate surface area is 126 Å². The standard InChI is InChI=1S/C16H25NO4/c1-3-16(2,15(19)20-12-10-17-9-11-18)21-13-14-7-5-4-6-8-14/h4-8,17-18H,3,9-13H2,1-2H3. The Balaban J connectivity index is 2.40. The van der Waals surface area contributed by atoms with Gasteiger partial charge in [0, 0.05) is 13.1 Å². The largest absolute Gasteiger partial charge is 0.462 e. The fourth-order valence-electron chi connectivity index (χ4n) is 1.69. The number of hydrogen-bond acceptors (Lipinski definition) is 5. The summed E-state index contributed by atoms with van der Waals surface area (Å²) in [4.78, 5) is 12.1. The maximum Gasteiger partial charge on any atom is 0.338 e.